The molecular formula is C19H26ClN3O4S. The molecule has 7 nitrogen and oxygen atoms in total. The van der Waals surface area contributed by atoms with Gasteiger partial charge in [0.05, 0.1) is 11.7 Å². The third-order valence-corrected chi connectivity index (χ3v) is 7.41. The fourth-order valence-electron chi connectivity index (χ4n) is 4.55. The van der Waals surface area contributed by atoms with Crippen molar-refractivity contribution in [2.75, 3.05) is 40.0 Å². The van der Waals surface area contributed by atoms with E-state index >= 15 is 0 Å². The van der Waals surface area contributed by atoms with E-state index in [0.29, 0.717) is 49.5 Å². The summed E-state index contributed by atoms with van der Waals surface area (Å²) in [6.45, 7) is 1.13. The number of rotatable bonds is 3. The fourth-order valence-corrected chi connectivity index (χ4v) is 5.93. The monoisotopic (exact) mass is 427 g/mol. The minimum atomic E-state index is -3.44. The molecule has 1 aromatic rings. The number of likely N-dealkylation sites (tertiary alicyclic amines) is 1. The number of amides is 2. The quantitative estimate of drug-likeness (QED) is 0.735. The molecule has 2 amide bonds. The van der Waals surface area contributed by atoms with E-state index in [2.05, 4.69) is 0 Å². The highest BCUT2D eigenvalue weighted by atomic mass is 35.5. The maximum absolute atomic E-state index is 13.1. The van der Waals surface area contributed by atoms with Gasteiger partial charge in [-0.25, -0.2) is 8.42 Å². The molecule has 2 saturated heterocycles. The van der Waals surface area contributed by atoms with Gasteiger partial charge >= 0.3 is 0 Å². The summed E-state index contributed by atoms with van der Waals surface area (Å²) < 4.78 is 26.1. The van der Waals surface area contributed by atoms with Crippen molar-refractivity contribution < 1.29 is 18.0 Å². The lowest BCUT2D eigenvalue weighted by atomic mass is 9.75. The van der Waals surface area contributed by atoms with Gasteiger partial charge < -0.3 is 9.80 Å². The molecule has 2 aliphatic heterocycles. The first-order valence-electron chi connectivity index (χ1n) is 9.30. The molecule has 2 heterocycles. The summed E-state index contributed by atoms with van der Waals surface area (Å²) in [5, 5.41) is 0.486. The highest BCUT2D eigenvalue weighted by molar-refractivity contribution is 7.88. The number of sulfonamides is 1. The van der Waals surface area contributed by atoms with Crippen molar-refractivity contribution >= 4 is 33.4 Å². The Morgan fingerprint density at radius 3 is 2.46 bits per heavy atom. The van der Waals surface area contributed by atoms with E-state index in [9.17, 15) is 18.0 Å². The van der Waals surface area contributed by atoms with Gasteiger partial charge in [-0.15, -0.1) is 0 Å². The van der Waals surface area contributed by atoms with Gasteiger partial charge in [-0.2, -0.15) is 4.31 Å². The lowest BCUT2D eigenvalue weighted by Crippen LogP contribution is -2.50. The highest BCUT2D eigenvalue weighted by Crippen LogP contribution is 2.46. The Balaban J connectivity index is 1.92. The van der Waals surface area contributed by atoms with E-state index < -0.39 is 21.5 Å². The standard InChI is InChI=1S/C19H26ClN3O4S/c1-21(2)18(25)19-8-11-22(17(24)14-5-4-6-15(20)13-14)10-7-16(19)23(12-9-19)28(3,26)27/h4-6,13,16H,7-12H2,1-3H3/t16-,19+/m1/s1. The lowest BCUT2D eigenvalue weighted by molar-refractivity contribution is -0.140. The van der Waals surface area contributed by atoms with Gasteiger partial charge in [0, 0.05) is 50.4 Å². The number of hydrogen-bond acceptors (Lipinski definition) is 4. The molecular weight excluding hydrogens is 402 g/mol. The van der Waals surface area contributed by atoms with Crippen LogP contribution in [-0.4, -0.2) is 80.4 Å². The number of benzene rings is 1. The van der Waals surface area contributed by atoms with Crippen molar-refractivity contribution in [1.29, 1.82) is 0 Å². The van der Waals surface area contributed by atoms with Gasteiger partial charge in [-0.1, -0.05) is 17.7 Å². The topological polar surface area (TPSA) is 78.0 Å². The summed E-state index contributed by atoms with van der Waals surface area (Å²) in [5.41, 5.74) is -0.303. The first-order chi connectivity index (χ1) is 13.1. The first kappa shape index (κ1) is 21.1. The molecule has 3 rings (SSSR count). The van der Waals surface area contributed by atoms with Crippen molar-refractivity contribution in [3.05, 3.63) is 34.9 Å². The van der Waals surface area contributed by atoms with Crippen molar-refractivity contribution in [2.24, 2.45) is 5.41 Å². The molecule has 0 N–H and O–H groups in total. The van der Waals surface area contributed by atoms with Crippen molar-refractivity contribution in [3.8, 4) is 0 Å². The molecule has 0 bridgehead atoms. The largest absolute Gasteiger partial charge is 0.348 e. The van der Waals surface area contributed by atoms with E-state index in [1.165, 1.54) is 15.5 Å². The molecule has 0 unspecified atom stereocenters. The summed E-state index contributed by atoms with van der Waals surface area (Å²) in [6.07, 6.45) is 2.52. The number of nitrogens with zero attached hydrogens (tertiary/aromatic N) is 3. The average Bonchev–Trinajstić information content (AvgIpc) is 2.90. The molecule has 0 aromatic heterocycles. The summed E-state index contributed by atoms with van der Waals surface area (Å²) in [6, 6.07) is 6.34. The Kier molecular flexibility index (Phi) is 5.76. The smallest absolute Gasteiger partial charge is 0.253 e. The van der Waals surface area contributed by atoms with Crippen LogP contribution in [0.15, 0.2) is 24.3 Å². The second kappa shape index (κ2) is 7.65. The molecule has 1 aromatic carbocycles. The van der Waals surface area contributed by atoms with Crippen LogP contribution in [0, 0.1) is 5.41 Å². The van der Waals surface area contributed by atoms with Crippen LogP contribution in [0.3, 0.4) is 0 Å². The van der Waals surface area contributed by atoms with Crippen molar-refractivity contribution in [3.63, 3.8) is 0 Å². The van der Waals surface area contributed by atoms with Gasteiger partial charge in [0.25, 0.3) is 5.91 Å². The zero-order chi connectivity index (χ0) is 20.7. The first-order valence-corrected chi connectivity index (χ1v) is 11.5. The fraction of sp³-hybridized carbons (Fsp3) is 0.579. The predicted molar refractivity (Wildman–Crippen MR) is 108 cm³/mol. The maximum atomic E-state index is 13.1. The number of fused-ring (bicyclic) bond motifs is 1. The van der Waals surface area contributed by atoms with Crippen LogP contribution in [0.1, 0.15) is 29.6 Å². The highest BCUT2D eigenvalue weighted by Gasteiger charge is 2.56. The van der Waals surface area contributed by atoms with Gasteiger partial charge in [0.15, 0.2) is 0 Å². The number of carbonyl (C=O) groups excluding carboxylic acids is 2. The Hall–Kier alpha value is -1.64. The van der Waals surface area contributed by atoms with Crippen LogP contribution in [0.25, 0.3) is 0 Å². The normalized spacial score (nSPS) is 25.9. The molecule has 2 atom stereocenters. The zero-order valence-electron chi connectivity index (χ0n) is 16.4. The Bertz CT molecular complexity index is 889. The van der Waals surface area contributed by atoms with Crippen LogP contribution in [0.5, 0.6) is 0 Å². The van der Waals surface area contributed by atoms with Gasteiger partial charge in [0.2, 0.25) is 15.9 Å². The number of hydrogen-bond donors (Lipinski definition) is 0. The van der Waals surface area contributed by atoms with Gasteiger partial charge in [-0.05, 0) is 37.5 Å². The minimum absolute atomic E-state index is 0.0688. The molecule has 28 heavy (non-hydrogen) atoms. The summed E-state index contributed by atoms with van der Waals surface area (Å²) in [7, 11) is -0.0573. The lowest BCUT2D eigenvalue weighted by Gasteiger charge is -2.36. The van der Waals surface area contributed by atoms with Crippen LogP contribution in [0.2, 0.25) is 5.02 Å². The van der Waals surface area contributed by atoms with E-state index in [-0.39, 0.29) is 11.8 Å². The second-order valence-corrected chi connectivity index (χ2v) is 10.2. The van der Waals surface area contributed by atoms with Crippen LogP contribution in [-0.2, 0) is 14.8 Å². The summed E-state index contributed by atoms with van der Waals surface area (Å²) in [4.78, 5) is 29.3. The van der Waals surface area contributed by atoms with Crippen molar-refractivity contribution in [1.82, 2.24) is 14.1 Å². The van der Waals surface area contributed by atoms with Crippen LogP contribution < -0.4 is 0 Å². The summed E-state index contributed by atoms with van der Waals surface area (Å²) in [5.74, 6) is -0.221. The van der Waals surface area contributed by atoms with Crippen molar-refractivity contribution in [2.45, 2.75) is 25.3 Å². The molecule has 0 radical (unpaired) electrons. The predicted octanol–water partition coefficient (Wildman–Crippen LogP) is 1.68. The van der Waals surface area contributed by atoms with Gasteiger partial charge in [-0.3, -0.25) is 9.59 Å². The third kappa shape index (κ3) is 3.77. The van der Waals surface area contributed by atoms with Gasteiger partial charge in [0.1, 0.15) is 0 Å². The second-order valence-electron chi connectivity index (χ2n) is 7.84. The molecule has 9 heteroatoms. The average molecular weight is 428 g/mol. The maximum Gasteiger partial charge on any atom is 0.253 e. The Morgan fingerprint density at radius 2 is 1.86 bits per heavy atom. The molecule has 0 aliphatic carbocycles. The molecule has 0 spiro atoms. The Labute approximate surface area is 171 Å². The minimum Gasteiger partial charge on any atom is -0.348 e. The number of halogens is 1. The molecule has 0 saturated carbocycles. The van der Waals surface area contributed by atoms with E-state index in [4.69, 9.17) is 11.6 Å². The van der Waals surface area contributed by atoms with E-state index in [0.717, 1.165) is 0 Å². The van der Waals surface area contributed by atoms with E-state index in [1.807, 2.05) is 0 Å². The molecule has 2 aliphatic rings. The van der Waals surface area contributed by atoms with Crippen LogP contribution in [0.4, 0.5) is 0 Å². The molecule has 154 valence electrons. The molecule has 2 fully saturated rings. The third-order valence-electron chi connectivity index (χ3n) is 5.88. The van der Waals surface area contributed by atoms with Crippen LogP contribution >= 0.6 is 11.6 Å². The SMILES string of the molecule is CN(C)C(=O)[C@]12CCN(C(=O)c3cccc(Cl)c3)CC[C@H]1N(S(C)(=O)=O)CC2. The zero-order valence-corrected chi connectivity index (χ0v) is 18.0. The number of carbonyl (C=O) groups is 2. The van der Waals surface area contributed by atoms with E-state index in [1.54, 1.807) is 43.3 Å². The summed E-state index contributed by atoms with van der Waals surface area (Å²) >= 11 is 6.01. The Morgan fingerprint density at radius 1 is 1.18 bits per heavy atom.